The highest BCUT2D eigenvalue weighted by molar-refractivity contribution is 5.97. The molecule has 0 saturated heterocycles. The summed E-state index contributed by atoms with van der Waals surface area (Å²) in [7, 11) is 1.51. The molecule has 2 heterocycles. The molecule has 1 aromatic carbocycles. The number of benzene rings is 1. The summed E-state index contributed by atoms with van der Waals surface area (Å²) in [5.74, 6) is 0.187. The second-order valence-electron chi connectivity index (χ2n) is 5.90. The van der Waals surface area contributed by atoms with Gasteiger partial charge in [-0.05, 0) is 26.0 Å². The molecule has 0 aliphatic carbocycles. The number of rotatable bonds is 5. The molecule has 1 aliphatic heterocycles. The van der Waals surface area contributed by atoms with Gasteiger partial charge in [-0.3, -0.25) is 4.79 Å². The molecule has 1 aliphatic rings. The van der Waals surface area contributed by atoms with Gasteiger partial charge in [0.15, 0.2) is 0 Å². The van der Waals surface area contributed by atoms with Crippen LogP contribution in [0.1, 0.15) is 36.5 Å². The summed E-state index contributed by atoms with van der Waals surface area (Å²) in [6.45, 7) is 4.00. The third-order valence-corrected chi connectivity index (χ3v) is 4.35. The Bertz CT molecular complexity index is 978. The highest BCUT2D eigenvalue weighted by Crippen LogP contribution is 2.46. The van der Waals surface area contributed by atoms with E-state index in [4.69, 9.17) is 15.2 Å². The number of nitrogens with two attached hydrogens (primary N) is 1. The molecule has 1 atom stereocenters. The molecule has 0 fully saturated rings. The number of hydrogen-bond acceptors (Lipinski definition) is 7. The van der Waals surface area contributed by atoms with E-state index in [2.05, 4.69) is 21.4 Å². The van der Waals surface area contributed by atoms with Gasteiger partial charge in [0.1, 0.15) is 17.9 Å². The number of nitrogens with zero attached hydrogens (tertiary/aromatic N) is 3. The molecule has 0 bridgehead atoms. The van der Waals surface area contributed by atoms with Crippen molar-refractivity contribution in [3.8, 4) is 17.7 Å². The Kier molecular flexibility index (Phi) is 4.94. The number of amides is 1. The van der Waals surface area contributed by atoms with Crippen molar-refractivity contribution in [1.82, 2.24) is 9.97 Å². The van der Waals surface area contributed by atoms with Crippen molar-refractivity contribution in [2.75, 3.05) is 19.0 Å². The van der Waals surface area contributed by atoms with E-state index in [-0.39, 0.29) is 0 Å². The molecule has 0 radical (unpaired) electrons. The van der Waals surface area contributed by atoms with Gasteiger partial charge >= 0.3 is 0 Å². The van der Waals surface area contributed by atoms with Crippen molar-refractivity contribution in [2.45, 2.75) is 19.8 Å². The zero-order chi connectivity index (χ0) is 19.6. The van der Waals surface area contributed by atoms with Gasteiger partial charge in [0, 0.05) is 16.8 Å². The molecule has 3 N–H and O–H groups in total. The third-order valence-electron chi connectivity index (χ3n) is 4.35. The van der Waals surface area contributed by atoms with E-state index in [9.17, 15) is 10.1 Å². The molecule has 8 nitrogen and oxygen atoms in total. The third kappa shape index (κ3) is 3.15. The van der Waals surface area contributed by atoms with Crippen LogP contribution in [0, 0.1) is 11.3 Å². The van der Waals surface area contributed by atoms with E-state index >= 15 is 0 Å². The molecule has 1 amide bonds. The first-order valence-electron chi connectivity index (χ1n) is 8.35. The molecule has 0 spiro atoms. The average molecular weight is 365 g/mol. The lowest BCUT2D eigenvalue weighted by Gasteiger charge is -2.30. The molecule has 1 unspecified atom stereocenters. The summed E-state index contributed by atoms with van der Waals surface area (Å²) >= 11 is 0. The quantitative estimate of drug-likeness (QED) is 0.831. The number of allylic oxidation sites excluding steroid dienone is 1. The number of methoxy groups -OCH3 is 1. The lowest BCUT2D eigenvalue weighted by Crippen LogP contribution is -2.28. The molecule has 1 aromatic heterocycles. The van der Waals surface area contributed by atoms with Crippen LogP contribution >= 0.6 is 0 Å². The molecule has 138 valence electrons. The first-order valence-corrected chi connectivity index (χ1v) is 8.35. The Labute approximate surface area is 156 Å². The second kappa shape index (κ2) is 7.33. The second-order valence-corrected chi connectivity index (χ2v) is 5.90. The summed E-state index contributed by atoms with van der Waals surface area (Å²) in [6, 6.07) is 7.11. The van der Waals surface area contributed by atoms with Gasteiger partial charge in [0.2, 0.25) is 11.8 Å². The highest BCUT2D eigenvalue weighted by atomic mass is 16.5. The van der Waals surface area contributed by atoms with Crippen LogP contribution in [0.3, 0.4) is 0 Å². The van der Waals surface area contributed by atoms with Crippen molar-refractivity contribution in [3.05, 3.63) is 52.5 Å². The number of anilines is 1. The minimum atomic E-state index is -0.593. The molecule has 8 heteroatoms. The van der Waals surface area contributed by atoms with Gasteiger partial charge in [-0.1, -0.05) is 6.07 Å². The van der Waals surface area contributed by atoms with Crippen LogP contribution < -0.4 is 20.5 Å². The minimum absolute atomic E-state index is 0.359. The predicted molar refractivity (Wildman–Crippen MR) is 98.3 cm³/mol. The van der Waals surface area contributed by atoms with Crippen LogP contribution in [0.4, 0.5) is 5.82 Å². The predicted octanol–water partition coefficient (Wildman–Crippen LogP) is 2.07. The van der Waals surface area contributed by atoms with Gasteiger partial charge in [-0.25, -0.2) is 9.97 Å². The number of carbonyl (C=O) groups is 1. The maximum Gasteiger partial charge on any atom is 0.247 e. The summed E-state index contributed by atoms with van der Waals surface area (Å²) in [5, 5.41) is 12.3. The van der Waals surface area contributed by atoms with Gasteiger partial charge < -0.3 is 20.5 Å². The first kappa shape index (κ1) is 18.2. The SMILES string of the molecule is CCOc1ncnc2c1C(c1ccc(C#N)cc1OC)C(C(N)=O)=C(C)N2. The summed E-state index contributed by atoms with van der Waals surface area (Å²) < 4.78 is 11.2. The monoisotopic (exact) mass is 365 g/mol. The van der Waals surface area contributed by atoms with Crippen molar-refractivity contribution < 1.29 is 14.3 Å². The summed E-state index contributed by atoms with van der Waals surface area (Å²) in [6.07, 6.45) is 1.40. The van der Waals surface area contributed by atoms with E-state index < -0.39 is 11.8 Å². The van der Waals surface area contributed by atoms with E-state index in [0.29, 0.717) is 52.0 Å². The zero-order valence-corrected chi connectivity index (χ0v) is 15.2. The fourth-order valence-electron chi connectivity index (χ4n) is 3.25. The number of fused-ring (bicyclic) bond motifs is 1. The van der Waals surface area contributed by atoms with Gasteiger partial charge in [0.05, 0.1) is 36.8 Å². The number of nitriles is 1. The number of carbonyl (C=O) groups excluding carboxylic acids is 1. The maximum absolute atomic E-state index is 12.3. The van der Waals surface area contributed by atoms with Crippen LogP contribution in [0.25, 0.3) is 0 Å². The Morgan fingerprint density at radius 2 is 2.19 bits per heavy atom. The van der Waals surface area contributed by atoms with Gasteiger partial charge in [-0.15, -0.1) is 0 Å². The molecule has 0 saturated carbocycles. The van der Waals surface area contributed by atoms with Gasteiger partial charge in [-0.2, -0.15) is 5.26 Å². The van der Waals surface area contributed by atoms with Crippen LogP contribution in [0.2, 0.25) is 0 Å². The summed E-state index contributed by atoms with van der Waals surface area (Å²) in [4.78, 5) is 20.8. The number of primary amides is 1. The maximum atomic E-state index is 12.3. The standard InChI is InChI=1S/C19H19N5O3/c1-4-27-19-16-15(12-6-5-11(8-20)7-13(12)26-3)14(17(21)25)10(2)24-18(16)22-9-23-19/h5-7,9,15H,4H2,1-3H3,(H2,21,25)(H,22,23,24). The minimum Gasteiger partial charge on any atom is -0.496 e. The normalized spacial score (nSPS) is 15.4. The first-order chi connectivity index (χ1) is 13.0. The topological polar surface area (TPSA) is 123 Å². The molecule has 27 heavy (non-hydrogen) atoms. The van der Waals surface area contributed by atoms with Crippen LogP contribution in [-0.2, 0) is 4.79 Å². The number of aromatic nitrogens is 2. The number of nitrogens with one attached hydrogen (secondary N) is 1. The number of ether oxygens (including phenoxy) is 2. The van der Waals surface area contributed by atoms with Crippen LogP contribution in [0.15, 0.2) is 35.8 Å². The van der Waals surface area contributed by atoms with E-state index in [1.807, 2.05) is 6.92 Å². The number of hydrogen-bond donors (Lipinski definition) is 2. The zero-order valence-electron chi connectivity index (χ0n) is 15.2. The molecule has 3 rings (SSSR count). The molecule has 2 aromatic rings. The van der Waals surface area contributed by atoms with E-state index in [0.717, 1.165) is 0 Å². The Morgan fingerprint density at radius 3 is 2.81 bits per heavy atom. The highest BCUT2D eigenvalue weighted by Gasteiger charge is 2.36. The van der Waals surface area contributed by atoms with Crippen molar-refractivity contribution >= 4 is 11.7 Å². The Hall–Kier alpha value is -3.60. The fraction of sp³-hybridized carbons (Fsp3) is 0.263. The average Bonchev–Trinajstić information content (AvgIpc) is 2.66. The smallest absolute Gasteiger partial charge is 0.247 e. The van der Waals surface area contributed by atoms with E-state index in [1.54, 1.807) is 25.1 Å². The van der Waals surface area contributed by atoms with Gasteiger partial charge in [0.25, 0.3) is 0 Å². The molecular formula is C19H19N5O3. The summed E-state index contributed by atoms with van der Waals surface area (Å²) in [5.41, 5.74) is 8.37. The lowest BCUT2D eigenvalue weighted by molar-refractivity contribution is -0.114. The Morgan fingerprint density at radius 1 is 1.41 bits per heavy atom. The lowest BCUT2D eigenvalue weighted by atomic mass is 9.81. The van der Waals surface area contributed by atoms with Crippen molar-refractivity contribution in [2.24, 2.45) is 5.73 Å². The van der Waals surface area contributed by atoms with Crippen LogP contribution in [0.5, 0.6) is 11.6 Å². The van der Waals surface area contributed by atoms with Crippen LogP contribution in [-0.4, -0.2) is 29.6 Å². The van der Waals surface area contributed by atoms with Crippen molar-refractivity contribution in [3.63, 3.8) is 0 Å². The molecular weight excluding hydrogens is 346 g/mol. The fourth-order valence-corrected chi connectivity index (χ4v) is 3.25. The van der Waals surface area contributed by atoms with Crippen molar-refractivity contribution in [1.29, 1.82) is 5.26 Å². The Balaban J connectivity index is 2.32. The van der Waals surface area contributed by atoms with E-state index in [1.165, 1.54) is 13.4 Å². The largest absolute Gasteiger partial charge is 0.496 e.